The lowest BCUT2D eigenvalue weighted by atomic mass is 9.48. The molecule has 1 aliphatic heterocycles. The zero-order valence-corrected chi connectivity index (χ0v) is 10.3. The van der Waals surface area contributed by atoms with Gasteiger partial charge >= 0.3 is 0 Å². The second kappa shape index (κ2) is 4.07. The number of benzene rings is 1. The van der Waals surface area contributed by atoms with Gasteiger partial charge in [-0.3, -0.25) is 0 Å². The molecule has 3 rings (SSSR count). The Balaban J connectivity index is 1.87. The highest BCUT2D eigenvalue weighted by Gasteiger charge is 2.56. The van der Waals surface area contributed by atoms with Gasteiger partial charge in [-0.05, 0) is 37.2 Å². The molecule has 0 bridgehead atoms. The van der Waals surface area contributed by atoms with E-state index < -0.39 is 5.41 Å². The minimum atomic E-state index is -0.608. The Morgan fingerprint density at radius 3 is 2.44 bits per heavy atom. The number of halogens is 1. The molecule has 1 saturated heterocycles. The minimum Gasteiger partial charge on any atom is -0.381 e. The van der Waals surface area contributed by atoms with Crippen LogP contribution in [0.25, 0.3) is 0 Å². The van der Waals surface area contributed by atoms with Gasteiger partial charge in [0.05, 0.1) is 11.5 Å². The molecule has 1 saturated carbocycles. The van der Waals surface area contributed by atoms with Crippen LogP contribution in [0.15, 0.2) is 24.3 Å². The Morgan fingerprint density at radius 2 is 1.83 bits per heavy atom. The predicted molar refractivity (Wildman–Crippen MR) is 65.4 cm³/mol. The van der Waals surface area contributed by atoms with E-state index in [2.05, 4.69) is 6.07 Å². The summed E-state index contributed by atoms with van der Waals surface area (Å²) in [5, 5.41) is 9.48. The molecule has 0 unspecified atom stereocenters. The van der Waals surface area contributed by atoms with Crippen LogP contribution in [-0.4, -0.2) is 13.2 Å². The first kappa shape index (κ1) is 11.7. The highest BCUT2D eigenvalue weighted by molar-refractivity contribution is 5.38. The van der Waals surface area contributed by atoms with Crippen LogP contribution in [0, 0.1) is 22.6 Å². The summed E-state index contributed by atoms with van der Waals surface area (Å²) in [6.45, 7) is 1.55. The van der Waals surface area contributed by atoms with Crippen molar-refractivity contribution in [2.45, 2.75) is 31.1 Å². The van der Waals surface area contributed by atoms with Gasteiger partial charge in [0.25, 0.3) is 0 Å². The van der Waals surface area contributed by atoms with Gasteiger partial charge in [-0.15, -0.1) is 0 Å². The molecule has 3 heteroatoms. The van der Waals surface area contributed by atoms with Crippen LogP contribution >= 0.6 is 0 Å². The van der Waals surface area contributed by atoms with Crippen LogP contribution in [0.2, 0.25) is 0 Å². The molecule has 18 heavy (non-hydrogen) atoms. The lowest BCUT2D eigenvalue weighted by Gasteiger charge is -2.54. The van der Waals surface area contributed by atoms with Crippen molar-refractivity contribution in [3.05, 3.63) is 35.6 Å². The van der Waals surface area contributed by atoms with E-state index in [4.69, 9.17) is 4.74 Å². The summed E-state index contributed by atoms with van der Waals surface area (Å²) in [6.07, 6.45) is 3.57. The van der Waals surface area contributed by atoms with Gasteiger partial charge in [0.1, 0.15) is 5.82 Å². The number of hydrogen-bond acceptors (Lipinski definition) is 2. The van der Waals surface area contributed by atoms with Crippen LogP contribution < -0.4 is 0 Å². The van der Waals surface area contributed by atoms with Crippen LogP contribution in [0.3, 0.4) is 0 Å². The second-order valence-corrected chi connectivity index (χ2v) is 5.64. The third kappa shape index (κ3) is 1.64. The van der Waals surface area contributed by atoms with Crippen LogP contribution in [-0.2, 0) is 10.2 Å². The molecule has 0 atom stereocenters. The summed E-state index contributed by atoms with van der Waals surface area (Å²) < 4.78 is 19.2. The molecular weight excluding hydrogens is 229 g/mol. The third-order valence-corrected chi connectivity index (χ3v) is 4.51. The summed E-state index contributed by atoms with van der Waals surface area (Å²) in [4.78, 5) is 0. The van der Waals surface area contributed by atoms with Gasteiger partial charge in [0.15, 0.2) is 0 Å². The fraction of sp³-hybridized carbons (Fsp3) is 0.533. The Hall–Kier alpha value is -1.40. The van der Waals surface area contributed by atoms with Crippen molar-refractivity contribution in [2.75, 3.05) is 13.2 Å². The summed E-state index contributed by atoms with van der Waals surface area (Å²) in [6, 6.07) is 9.05. The summed E-state index contributed by atoms with van der Waals surface area (Å²) in [7, 11) is 0. The monoisotopic (exact) mass is 245 g/mol. The zero-order valence-electron chi connectivity index (χ0n) is 10.3. The second-order valence-electron chi connectivity index (χ2n) is 5.64. The van der Waals surface area contributed by atoms with Gasteiger partial charge in [-0.2, -0.15) is 5.26 Å². The molecular formula is C15H16FNO. The highest BCUT2D eigenvalue weighted by atomic mass is 19.1. The Labute approximate surface area is 106 Å². The molecule has 1 spiro atoms. The van der Waals surface area contributed by atoms with Crippen molar-refractivity contribution in [1.29, 1.82) is 5.26 Å². The maximum Gasteiger partial charge on any atom is 0.128 e. The lowest BCUT2D eigenvalue weighted by Crippen LogP contribution is -2.51. The molecule has 0 radical (unpaired) electrons. The van der Waals surface area contributed by atoms with E-state index in [1.54, 1.807) is 12.1 Å². The largest absolute Gasteiger partial charge is 0.381 e. The van der Waals surface area contributed by atoms with Gasteiger partial charge in [0.2, 0.25) is 0 Å². The van der Waals surface area contributed by atoms with Gasteiger partial charge in [-0.1, -0.05) is 18.2 Å². The molecule has 1 aliphatic carbocycles. The summed E-state index contributed by atoms with van der Waals surface area (Å²) in [5.74, 6) is -0.249. The minimum absolute atomic E-state index is 0.219. The van der Waals surface area contributed by atoms with Crippen LogP contribution in [0.4, 0.5) is 4.39 Å². The van der Waals surface area contributed by atoms with E-state index in [0.29, 0.717) is 5.56 Å². The summed E-state index contributed by atoms with van der Waals surface area (Å²) >= 11 is 0. The number of hydrogen-bond donors (Lipinski definition) is 0. The van der Waals surface area contributed by atoms with Crippen LogP contribution in [0.1, 0.15) is 31.2 Å². The molecule has 1 aromatic carbocycles. The summed E-state index contributed by atoms with van der Waals surface area (Å²) in [5.41, 5.74) is 0.184. The fourth-order valence-corrected chi connectivity index (χ4v) is 3.57. The molecule has 0 aromatic heterocycles. The molecule has 2 fully saturated rings. The first-order valence-corrected chi connectivity index (χ1v) is 6.44. The maximum atomic E-state index is 13.9. The smallest absolute Gasteiger partial charge is 0.128 e. The Kier molecular flexibility index (Phi) is 2.64. The van der Waals surface area contributed by atoms with Crippen molar-refractivity contribution in [2.24, 2.45) is 5.41 Å². The van der Waals surface area contributed by atoms with Crippen molar-refractivity contribution in [3.8, 4) is 6.07 Å². The molecule has 0 N–H and O–H groups in total. The Bertz CT molecular complexity index is 491. The van der Waals surface area contributed by atoms with E-state index in [0.717, 1.165) is 38.9 Å². The quantitative estimate of drug-likeness (QED) is 0.761. The zero-order chi connectivity index (χ0) is 12.6. The number of nitrogens with zero attached hydrogens (tertiary/aromatic N) is 1. The van der Waals surface area contributed by atoms with E-state index in [1.807, 2.05) is 6.07 Å². The van der Waals surface area contributed by atoms with Crippen molar-refractivity contribution < 1.29 is 9.13 Å². The first-order valence-electron chi connectivity index (χ1n) is 6.44. The van der Waals surface area contributed by atoms with Crippen molar-refractivity contribution in [3.63, 3.8) is 0 Å². The van der Waals surface area contributed by atoms with Gasteiger partial charge in [-0.25, -0.2) is 4.39 Å². The number of nitriles is 1. The normalized spacial score (nSPS) is 24.2. The molecule has 0 amide bonds. The van der Waals surface area contributed by atoms with Crippen molar-refractivity contribution >= 4 is 0 Å². The van der Waals surface area contributed by atoms with Gasteiger partial charge in [0, 0.05) is 18.8 Å². The fourth-order valence-electron chi connectivity index (χ4n) is 3.57. The number of rotatable bonds is 1. The first-order chi connectivity index (χ1) is 8.70. The maximum absolute atomic E-state index is 13.9. The molecule has 2 nitrogen and oxygen atoms in total. The van der Waals surface area contributed by atoms with E-state index in [-0.39, 0.29) is 11.2 Å². The molecule has 1 aromatic rings. The van der Waals surface area contributed by atoms with Crippen LogP contribution in [0.5, 0.6) is 0 Å². The molecule has 94 valence electrons. The van der Waals surface area contributed by atoms with E-state index in [1.165, 1.54) is 6.07 Å². The predicted octanol–water partition coefficient (Wildman–Crippen LogP) is 3.18. The average molecular weight is 245 g/mol. The standard InChI is InChI=1S/C15H16FNO/c16-13-4-2-1-3-12(13)15(11-17)9-14(10-15)5-7-18-8-6-14/h1-4H,5-10H2. The Morgan fingerprint density at radius 1 is 1.17 bits per heavy atom. The highest BCUT2D eigenvalue weighted by Crippen LogP contribution is 2.60. The van der Waals surface area contributed by atoms with Crippen molar-refractivity contribution in [1.82, 2.24) is 0 Å². The SMILES string of the molecule is N#CC1(c2ccccc2F)CC2(CCOCC2)C1. The topological polar surface area (TPSA) is 33.0 Å². The third-order valence-electron chi connectivity index (χ3n) is 4.51. The lowest BCUT2D eigenvalue weighted by molar-refractivity contribution is -0.0585. The van der Waals surface area contributed by atoms with E-state index >= 15 is 0 Å². The molecule has 1 heterocycles. The number of ether oxygens (including phenoxy) is 1. The van der Waals surface area contributed by atoms with E-state index in [9.17, 15) is 9.65 Å². The average Bonchev–Trinajstić information content (AvgIpc) is 2.37. The van der Waals surface area contributed by atoms with Gasteiger partial charge < -0.3 is 4.74 Å². The molecule has 2 aliphatic rings.